The van der Waals surface area contributed by atoms with E-state index in [0.29, 0.717) is 11.0 Å². The SMILES string of the molecule is Cc1nn(C)c(NCC2(C)CCN(C)CC2)c1C#N. The molecule has 1 aromatic heterocycles. The highest BCUT2D eigenvalue weighted by molar-refractivity contribution is 5.55. The standard InChI is InChI=1S/C14H23N5/c1-11-12(9-15)13(19(4)17-11)16-10-14(2)5-7-18(3)8-6-14/h16H,5-8,10H2,1-4H3. The first kappa shape index (κ1) is 13.9. The molecule has 0 amide bonds. The number of nitrogens with zero attached hydrogens (tertiary/aromatic N) is 4. The Hall–Kier alpha value is -1.54. The molecule has 0 unspecified atom stereocenters. The number of rotatable bonds is 3. The first-order valence-electron chi connectivity index (χ1n) is 6.81. The van der Waals surface area contributed by atoms with Gasteiger partial charge in [0.1, 0.15) is 17.5 Å². The minimum absolute atomic E-state index is 0.303. The highest BCUT2D eigenvalue weighted by Gasteiger charge is 2.29. The van der Waals surface area contributed by atoms with Gasteiger partial charge in [-0.1, -0.05) is 6.92 Å². The highest BCUT2D eigenvalue weighted by atomic mass is 15.3. The predicted molar refractivity (Wildman–Crippen MR) is 76.0 cm³/mol. The lowest BCUT2D eigenvalue weighted by molar-refractivity contribution is 0.150. The van der Waals surface area contributed by atoms with Crippen LogP contribution < -0.4 is 5.32 Å². The van der Waals surface area contributed by atoms with Gasteiger partial charge in [-0.3, -0.25) is 4.68 Å². The molecule has 0 saturated carbocycles. The number of nitrogens with one attached hydrogen (secondary N) is 1. The molecule has 0 aromatic carbocycles. The van der Waals surface area contributed by atoms with Crippen LogP contribution in [0.15, 0.2) is 0 Å². The molecule has 5 heteroatoms. The molecule has 104 valence electrons. The molecule has 0 aliphatic carbocycles. The number of hydrogen-bond donors (Lipinski definition) is 1. The van der Waals surface area contributed by atoms with Crippen LogP contribution in [0.4, 0.5) is 5.82 Å². The maximum atomic E-state index is 9.20. The fourth-order valence-corrected chi connectivity index (χ4v) is 2.63. The maximum Gasteiger partial charge on any atom is 0.142 e. The largest absolute Gasteiger partial charge is 0.369 e. The molecule has 0 atom stereocenters. The summed E-state index contributed by atoms with van der Waals surface area (Å²) in [4.78, 5) is 2.37. The third-order valence-electron chi connectivity index (χ3n) is 4.21. The number of hydrogen-bond acceptors (Lipinski definition) is 4. The van der Waals surface area contributed by atoms with Gasteiger partial charge in [0, 0.05) is 13.6 Å². The summed E-state index contributed by atoms with van der Waals surface area (Å²) in [5.74, 6) is 0.847. The van der Waals surface area contributed by atoms with Crippen molar-refractivity contribution in [2.24, 2.45) is 12.5 Å². The van der Waals surface area contributed by atoms with Crippen molar-refractivity contribution in [3.05, 3.63) is 11.3 Å². The second kappa shape index (κ2) is 5.22. The summed E-state index contributed by atoms with van der Waals surface area (Å²) in [6, 6.07) is 2.24. The molecular formula is C14H23N5. The average molecular weight is 261 g/mol. The highest BCUT2D eigenvalue weighted by Crippen LogP contribution is 2.31. The Bertz CT molecular complexity index is 489. The number of aromatic nitrogens is 2. The van der Waals surface area contributed by atoms with Crippen molar-refractivity contribution in [1.82, 2.24) is 14.7 Å². The smallest absolute Gasteiger partial charge is 0.142 e. The van der Waals surface area contributed by atoms with E-state index in [9.17, 15) is 5.26 Å². The van der Waals surface area contributed by atoms with Crippen LogP contribution in [0.1, 0.15) is 31.0 Å². The lowest BCUT2D eigenvalue weighted by atomic mass is 9.80. The minimum Gasteiger partial charge on any atom is -0.369 e. The number of piperidine rings is 1. The topological polar surface area (TPSA) is 56.9 Å². The Morgan fingerprint density at radius 3 is 2.58 bits per heavy atom. The van der Waals surface area contributed by atoms with E-state index in [-0.39, 0.29) is 0 Å². The molecule has 0 radical (unpaired) electrons. The van der Waals surface area contributed by atoms with Crippen LogP contribution in [0.2, 0.25) is 0 Å². The zero-order valence-corrected chi connectivity index (χ0v) is 12.3. The molecule has 19 heavy (non-hydrogen) atoms. The second-order valence-electron chi connectivity index (χ2n) is 6.01. The lowest BCUT2D eigenvalue weighted by Crippen LogP contribution is -2.40. The van der Waals surface area contributed by atoms with Gasteiger partial charge in [-0.15, -0.1) is 0 Å². The third kappa shape index (κ3) is 2.90. The van der Waals surface area contributed by atoms with Crippen LogP contribution >= 0.6 is 0 Å². The van der Waals surface area contributed by atoms with Gasteiger partial charge in [0.25, 0.3) is 0 Å². The average Bonchev–Trinajstić information content (AvgIpc) is 2.65. The molecule has 0 bridgehead atoms. The van der Waals surface area contributed by atoms with E-state index in [1.54, 1.807) is 4.68 Å². The Labute approximate surface area is 115 Å². The van der Waals surface area contributed by atoms with Crippen molar-refractivity contribution in [2.45, 2.75) is 26.7 Å². The summed E-state index contributed by atoms with van der Waals surface area (Å²) in [5.41, 5.74) is 1.76. The fraction of sp³-hybridized carbons (Fsp3) is 0.714. The molecule has 2 rings (SSSR count). The summed E-state index contributed by atoms with van der Waals surface area (Å²) in [5, 5.41) is 16.9. The monoisotopic (exact) mass is 261 g/mol. The molecule has 1 fully saturated rings. The number of nitriles is 1. The third-order valence-corrected chi connectivity index (χ3v) is 4.21. The van der Waals surface area contributed by atoms with Crippen molar-refractivity contribution >= 4 is 5.82 Å². The van der Waals surface area contributed by atoms with Crippen molar-refractivity contribution < 1.29 is 0 Å². The number of aryl methyl sites for hydroxylation is 2. The van der Waals surface area contributed by atoms with E-state index in [1.165, 1.54) is 12.8 Å². The van der Waals surface area contributed by atoms with Gasteiger partial charge in [-0.25, -0.2) is 0 Å². The lowest BCUT2D eigenvalue weighted by Gasteiger charge is -2.38. The number of likely N-dealkylation sites (tertiary alicyclic amines) is 1. The Morgan fingerprint density at radius 2 is 2.00 bits per heavy atom. The van der Waals surface area contributed by atoms with E-state index in [4.69, 9.17) is 0 Å². The number of anilines is 1. The van der Waals surface area contributed by atoms with Crippen LogP contribution in [0.25, 0.3) is 0 Å². The van der Waals surface area contributed by atoms with Crippen LogP contribution in [0, 0.1) is 23.7 Å². The van der Waals surface area contributed by atoms with E-state index in [2.05, 4.69) is 35.4 Å². The fourth-order valence-electron chi connectivity index (χ4n) is 2.63. The van der Waals surface area contributed by atoms with Crippen molar-refractivity contribution in [3.63, 3.8) is 0 Å². The van der Waals surface area contributed by atoms with Crippen LogP contribution in [-0.2, 0) is 7.05 Å². The van der Waals surface area contributed by atoms with Gasteiger partial charge in [0.15, 0.2) is 0 Å². The van der Waals surface area contributed by atoms with Crippen LogP contribution in [-0.4, -0.2) is 41.4 Å². The minimum atomic E-state index is 0.303. The molecule has 2 heterocycles. The van der Waals surface area contributed by atoms with Crippen molar-refractivity contribution in [3.8, 4) is 6.07 Å². The molecule has 1 aliphatic rings. The van der Waals surface area contributed by atoms with Gasteiger partial charge in [0.05, 0.1) is 5.69 Å². The molecule has 1 saturated heterocycles. The zero-order valence-electron chi connectivity index (χ0n) is 12.3. The zero-order chi connectivity index (χ0) is 14.0. The van der Waals surface area contributed by atoms with Crippen molar-refractivity contribution in [2.75, 3.05) is 32.0 Å². The molecular weight excluding hydrogens is 238 g/mol. The summed E-state index contributed by atoms with van der Waals surface area (Å²) >= 11 is 0. The van der Waals surface area contributed by atoms with E-state index in [0.717, 1.165) is 31.1 Å². The maximum absolute atomic E-state index is 9.20. The molecule has 0 spiro atoms. The molecule has 1 N–H and O–H groups in total. The van der Waals surface area contributed by atoms with E-state index < -0.39 is 0 Å². The Morgan fingerprint density at radius 1 is 1.37 bits per heavy atom. The first-order valence-corrected chi connectivity index (χ1v) is 6.81. The van der Waals surface area contributed by atoms with E-state index in [1.807, 2.05) is 14.0 Å². The Balaban J connectivity index is 2.05. The van der Waals surface area contributed by atoms with Crippen LogP contribution in [0.5, 0.6) is 0 Å². The van der Waals surface area contributed by atoms with E-state index >= 15 is 0 Å². The summed E-state index contributed by atoms with van der Waals surface area (Å²) < 4.78 is 1.77. The second-order valence-corrected chi connectivity index (χ2v) is 6.01. The Kier molecular flexibility index (Phi) is 3.81. The van der Waals surface area contributed by atoms with Gasteiger partial charge in [-0.2, -0.15) is 10.4 Å². The first-order chi connectivity index (χ1) is 8.95. The molecule has 5 nitrogen and oxygen atoms in total. The van der Waals surface area contributed by atoms with Gasteiger partial charge < -0.3 is 10.2 Å². The van der Waals surface area contributed by atoms with Gasteiger partial charge in [-0.05, 0) is 45.3 Å². The quantitative estimate of drug-likeness (QED) is 0.900. The molecule has 1 aliphatic heterocycles. The summed E-state index contributed by atoms with van der Waals surface area (Å²) in [6.45, 7) is 7.39. The normalized spacial score (nSPS) is 19.1. The summed E-state index contributed by atoms with van der Waals surface area (Å²) in [7, 11) is 4.05. The predicted octanol–water partition coefficient (Wildman–Crippen LogP) is 1.74. The summed E-state index contributed by atoms with van der Waals surface area (Å²) in [6.07, 6.45) is 2.38. The van der Waals surface area contributed by atoms with Gasteiger partial charge in [0.2, 0.25) is 0 Å². The van der Waals surface area contributed by atoms with Gasteiger partial charge >= 0.3 is 0 Å². The molecule has 1 aromatic rings. The van der Waals surface area contributed by atoms with Crippen molar-refractivity contribution in [1.29, 1.82) is 5.26 Å². The van der Waals surface area contributed by atoms with Crippen LogP contribution in [0.3, 0.4) is 0 Å².